The molecular weight excluding hydrogens is 388 g/mol. The number of nitrogens with zero attached hydrogens (tertiary/aromatic N) is 2. The van der Waals surface area contributed by atoms with E-state index in [1.807, 2.05) is 29.9 Å². The zero-order chi connectivity index (χ0) is 21.3. The van der Waals surface area contributed by atoms with E-state index in [9.17, 15) is 14.4 Å². The summed E-state index contributed by atoms with van der Waals surface area (Å²) in [6.45, 7) is 9.95. The molecule has 0 saturated heterocycles. The van der Waals surface area contributed by atoms with Gasteiger partial charge in [-0.2, -0.15) is 0 Å². The highest BCUT2D eigenvalue weighted by molar-refractivity contribution is 7.12. The normalized spacial score (nSPS) is 14.5. The molecule has 1 saturated carbocycles. The van der Waals surface area contributed by atoms with Crippen molar-refractivity contribution in [1.82, 2.24) is 9.47 Å². The van der Waals surface area contributed by atoms with E-state index >= 15 is 0 Å². The second-order valence-electron chi connectivity index (χ2n) is 7.36. The molecule has 156 valence electrons. The van der Waals surface area contributed by atoms with Crippen LogP contribution in [0, 0.1) is 13.8 Å². The quantitative estimate of drug-likeness (QED) is 0.477. The Hall–Kier alpha value is -2.41. The minimum absolute atomic E-state index is 0.0980. The molecule has 2 aromatic heterocycles. The average molecular weight is 417 g/mol. The van der Waals surface area contributed by atoms with Gasteiger partial charge in [0.2, 0.25) is 0 Å². The van der Waals surface area contributed by atoms with Gasteiger partial charge in [-0.25, -0.2) is 4.79 Å². The average Bonchev–Trinajstić information content (AvgIpc) is 3.28. The van der Waals surface area contributed by atoms with E-state index in [1.54, 1.807) is 31.7 Å². The number of hydrogen-bond acceptors (Lipinski definition) is 5. The number of ether oxygens (including phenoxy) is 1. The fourth-order valence-electron chi connectivity index (χ4n) is 3.99. The summed E-state index contributed by atoms with van der Waals surface area (Å²) in [5, 5.41) is 1.87. The summed E-state index contributed by atoms with van der Waals surface area (Å²) in [7, 11) is 0. The Morgan fingerprint density at radius 1 is 1.28 bits per heavy atom. The van der Waals surface area contributed by atoms with E-state index in [1.165, 1.54) is 11.3 Å². The van der Waals surface area contributed by atoms with Crippen LogP contribution in [0.4, 0.5) is 0 Å². The third kappa shape index (κ3) is 3.88. The molecule has 0 N–H and O–H groups in total. The third-order valence-electron chi connectivity index (χ3n) is 5.50. The Kier molecular flexibility index (Phi) is 6.27. The first-order chi connectivity index (χ1) is 13.8. The standard InChI is InChI=1S/C22H28N2O4S/c1-6-23-14(4)18(13(3)19(23)22(27)28-7-2)20(25)15(5)24(16-10-11-16)21(26)17-9-8-12-29-17/h8-9,12,15-16H,6-7,10-11H2,1-5H3. The minimum atomic E-state index is -0.600. The van der Waals surface area contributed by atoms with Crippen LogP contribution in [0.15, 0.2) is 17.5 Å². The summed E-state index contributed by atoms with van der Waals surface area (Å²) in [5.74, 6) is -0.649. The van der Waals surface area contributed by atoms with Gasteiger partial charge in [0.05, 0.1) is 17.5 Å². The van der Waals surface area contributed by atoms with Gasteiger partial charge in [-0.15, -0.1) is 11.3 Å². The molecule has 1 atom stereocenters. The van der Waals surface area contributed by atoms with E-state index < -0.39 is 12.0 Å². The Labute approximate surface area is 175 Å². The van der Waals surface area contributed by atoms with Crippen LogP contribution < -0.4 is 0 Å². The first-order valence-electron chi connectivity index (χ1n) is 10.1. The lowest BCUT2D eigenvalue weighted by molar-refractivity contribution is 0.0512. The Bertz CT molecular complexity index is 925. The summed E-state index contributed by atoms with van der Waals surface area (Å²) in [6, 6.07) is 3.14. The van der Waals surface area contributed by atoms with E-state index in [-0.39, 0.29) is 24.3 Å². The Morgan fingerprint density at radius 2 is 1.97 bits per heavy atom. The molecule has 1 aliphatic carbocycles. The van der Waals surface area contributed by atoms with Crippen molar-refractivity contribution in [2.75, 3.05) is 6.61 Å². The van der Waals surface area contributed by atoms with Crippen molar-refractivity contribution >= 4 is 29.0 Å². The largest absolute Gasteiger partial charge is 0.461 e. The third-order valence-corrected chi connectivity index (χ3v) is 6.36. The van der Waals surface area contributed by atoms with Gasteiger partial charge >= 0.3 is 5.97 Å². The topological polar surface area (TPSA) is 68.6 Å². The maximum atomic E-state index is 13.5. The maximum Gasteiger partial charge on any atom is 0.355 e. The number of carbonyl (C=O) groups excluding carboxylic acids is 3. The Balaban J connectivity index is 1.98. The summed E-state index contributed by atoms with van der Waals surface area (Å²) in [6.07, 6.45) is 1.83. The number of carbonyl (C=O) groups is 3. The molecule has 0 spiro atoms. The summed E-state index contributed by atoms with van der Waals surface area (Å²) >= 11 is 1.39. The van der Waals surface area contributed by atoms with Crippen molar-refractivity contribution < 1.29 is 19.1 Å². The molecular formula is C22H28N2O4S. The number of rotatable bonds is 8. The number of amides is 1. The molecule has 6 nitrogen and oxygen atoms in total. The highest BCUT2D eigenvalue weighted by Gasteiger charge is 2.40. The van der Waals surface area contributed by atoms with Crippen molar-refractivity contribution in [2.24, 2.45) is 0 Å². The van der Waals surface area contributed by atoms with Crippen LogP contribution in [0.5, 0.6) is 0 Å². The van der Waals surface area contributed by atoms with Crippen LogP contribution in [0.25, 0.3) is 0 Å². The van der Waals surface area contributed by atoms with Gasteiger partial charge in [0, 0.05) is 23.8 Å². The van der Waals surface area contributed by atoms with Crippen molar-refractivity contribution in [1.29, 1.82) is 0 Å². The number of ketones is 1. The van der Waals surface area contributed by atoms with Crippen molar-refractivity contribution in [3.05, 3.63) is 44.9 Å². The second-order valence-corrected chi connectivity index (χ2v) is 8.31. The minimum Gasteiger partial charge on any atom is -0.461 e. The molecule has 1 unspecified atom stereocenters. The van der Waals surface area contributed by atoms with Gasteiger partial charge in [-0.3, -0.25) is 9.59 Å². The van der Waals surface area contributed by atoms with Crippen molar-refractivity contribution in [2.45, 2.75) is 66.1 Å². The van der Waals surface area contributed by atoms with Gasteiger partial charge < -0.3 is 14.2 Å². The molecule has 7 heteroatoms. The van der Waals surface area contributed by atoms with Gasteiger partial charge in [0.1, 0.15) is 5.69 Å². The fraction of sp³-hybridized carbons (Fsp3) is 0.500. The lowest BCUT2D eigenvalue weighted by atomic mass is 9.99. The molecule has 0 aromatic carbocycles. The molecule has 3 rings (SSSR count). The first kappa shape index (κ1) is 21.3. The molecule has 1 aliphatic rings. The molecule has 29 heavy (non-hydrogen) atoms. The lowest BCUT2D eigenvalue weighted by Crippen LogP contribution is -2.44. The van der Waals surface area contributed by atoms with Gasteiger partial charge in [-0.1, -0.05) is 6.07 Å². The van der Waals surface area contributed by atoms with Gasteiger partial charge in [0.15, 0.2) is 5.78 Å². The first-order valence-corrected chi connectivity index (χ1v) is 11.0. The van der Waals surface area contributed by atoms with Gasteiger partial charge in [0.25, 0.3) is 5.91 Å². The van der Waals surface area contributed by atoms with Crippen molar-refractivity contribution in [3.63, 3.8) is 0 Å². The monoisotopic (exact) mass is 416 g/mol. The second kappa shape index (κ2) is 8.53. The lowest BCUT2D eigenvalue weighted by Gasteiger charge is -2.28. The van der Waals surface area contributed by atoms with Crippen LogP contribution in [0.2, 0.25) is 0 Å². The molecule has 1 fully saturated rings. The molecule has 1 amide bonds. The number of esters is 1. The summed E-state index contributed by atoms with van der Waals surface area (Å²) < 4.78 is 7.04. The number of Topliss-reactive ketones (excluding diaryl/α,β-unsaturated/α-hetero) is 1. The van der Waals surface area contributed by atoms with Crippen LogP contribution in [0.3, 0.4) is 0 Å². The predicted octanol–water partition coefficient (Wildman–Crippen LogP) is 4.24. The van der Waals surface area contributed by atoms with Crippen LogP contribution in [-0.4, -0.2) is 45.8 Å². The number of aromatic nitrogens is 1. The smallest absolute Gasteiger partial charge is 0.355 e. The SMILES string of the molecule is CCOC(=O)c1c(C)c(C(=O)C(C)N(C(=O)c2cccs2)C2CC2)c(C)n1CC. The van der Waals surface area contributed by atoms with E-state index in [2.05, 4.69) is 0 Å². The highest BCUT2D eigenvalue weighted by Crippen LogP contribution is 2.33. The van der Waals surface area contributed by atoms with Gasteiger partial charge in [-0.05, 0) is 64.5 Å². The molecule has 0 radical (unpaired) electrons. The number of hydrogen-bond donors (Lipinski definition) is 0. The zero-order valence-corrected chi connectivity index (χ0v) is 18.5. The highest BCUT2D eigenvalue weighted by atomic mass is 32.1. The molecule has 0 aliphatic heterocycles. The van der Waals surface area contributed by atoms with Crippen molar-refractivity contribution in [3.8, 4) is 0 Å². The maximum absolute atomic E-state index is 13.5. The van der Waals surface area contributed by atoms with Crippen LogP contribution in [-0.2, 0) is 11.3 Å². The van der Waals surface area contributed by atoms with Crippen LogP contribution >= 0.6 is 11.3 Å². The van der Waals surface area contributed by atoms with E-state index in [4.69, 9.17) is 4.74 Å². The summed E-state index contributed by atoms with van der Waals surface area (Å²) in [5.41, 5.74) is 2.31. The Morgan fingerprint density at radius 3 is 2.48 bits per heavy atom. The molecule has 0 bridgehead atoms. The fourth-order valence-corrected chi connectivity index (χ4v) is 4.66. The number of thiophene rings is 1. The molecule has 2 heterocycles. The van der Waals surface area contributed by atoms with E-state index in [0.717, 1.165) is 18.5 Å². The van der Waals surface area contributed by atoms with Crippen LogP contribution in [0.1, 0.15) is 75.4 Å². The predicted molar refractivity (Wildman–Crippen MR) is 113 cm³/mol. The molecule has 2 aromatic rings. The summed E-state index contributed by atoms with van der Waals surface area (Å²) in [4.78, 5) is 41.5. The zero-order valence-electron chi connectivity index (χ0n) is 17.7. The van der Waals surface area contributed by atoms with E-state index in [0.29, 0.717) is 28.2 Å².